The third-order valence-electron chi connectivity index (χ3n) is 3.51. The van der Waals surface area contributed by atoms with Gasteiger partial charge in [0.15, 0.2) is 11.5 Å². The van der Waals surface area contributed by atoms with Crippen molar-refractivity contribution in [3.05, 3.63) is 57.6 Å². The van der Waals surface area contributed by atoms with Crippen molar-refractivity contribution >= 4 is 23.2 Å². The Kier molecular flexibility index (Phi) is 5.95. The van der Waals surface area contributed by atoms with Crippen LogP contribution in [0.1, 0.15) is 24.1 Å². The number of ether oxygens (including phenoxy) is 2. The van der Waals surface area contributed by atoms with E-state index < -0.39 is 0 Å². The average molecular weight is 340 g/mol. The van der Waals surface area contributed by atoms with Gasteiger partial charge in [-0.2, -0.15) is 0 Å². The fourth-order valence-electron chi connectivity index (χ4n) is 2.23. The molecule has 5 heteroatoms. The van der Waals surface area contributed by atoms with Gasteiger partial charge in [-0.1, -0.05) is 41.4 Å². The summed E-state index contributed by atoms with van der Waals surface area (Å²) in [5, 5.41) is 4.59. The van der Waals surface area contributed by atoms with Crippen molar-refractivity contribution in [1.82, 2.24) is 5.32 Å². The lowest BCUT2D eigenvalue weighted by Gasteiger charge is -2.17. The molecular weight excluding hydrogens is 321 g/mol. The Labute approximate surface area is 141 Å². The molecule has 0 saturated heterocycles. The summed E-state index contributed by atoms with van der Waals surface area (Å²) in [6.45, 7) is 2.74. The van der Waals surface area contributed by atoms with Gasteiger partial charge < -0.3 is 14.8 Å². The van der Waals surface area contributed by atoms with Crippen LogP contribution in [0.3, 0.4) is 0 Å². The van der Waals surface area contributed by atoms with Crippen molar-refractivity contribution in [1.29, 1.82) is 0 Å². The van der Waals surface area contributed by atoms with Gasteiger partial charge in [-0.25, -0.2) is 0 Å². The number of nitrogens with one attached hydrogen (secondary N) is 1. The second kappa shape index (κ2) is 7.73. The lowest BCUT2D eigenvalue weighted by atomic mass is 10.1. The van der Waals surface area contributed by atoms with Crippen LogP contribution in [0.2, 0.25) is 10.0 Å². The largest absolute Gasteiger partial charge is 0.493 e. The molecule has 0 saturated carbocycles. The van der Waals surface area contributed by atoms with Crippen LogP contribution in [0.5, 0.6) is 11.5 Å². The van der Waals surface area contributed by atoms with Crippen LogP contribution >= 0.6 is 23.2 Å². The summed E-state index contributed by atoms with van der Waals surface area (Å²) >= 11 is 12.3. The molecule has 0 aliphatic rings. The third kappa shape index (κ3) is 3.86. The van der Waals surface area contributed by atoms with Gasteiger partial charge in [0.2, 0.25) is 0 Å². The Hall–Kier alpha value is -1.42. The smallest absolute Gasteiger partial charge is 0.161 e. The van der Waals surface area contributed by atoms with E-state index in [1.54, 1.807) is 20.3 Å². The maximum Gasteiger partial charge on any atom is 0.161 e. The predicted molar refractivity (Wildman–Crippen MR) is 91.3 cm³/mol. The molecular formula is C17H19Cl2NO2. The number of rotatable bonds is 6. The maximum atomic E-state index is 6.25. The molecule has 0 aliphatic carbocycles. The van der Waals surface area contributed by atoms with Crippen LogP contribution < -0.4 is 14.8 Å². The van der Waals surface area contributed by atoms with E-state index in [0.717, 1.165) is 22.6 Å². The van der Waals surface area contributed by atoms with Gasteiger partial charge in [0, 0.05) is 12.6 Å². The highest BCUT2D eigenvalue weighted by Gasteiger charge is 2.12. The van der Waals surface area contributed by atoms with Crippen LogP contribution in [-0.4, -0.2) is 14.2 Å². The van der Waals surface area contributed by atoms with Gasteiger partial charge in [0.25, 0.3) is 0 Å². The van der Waals surface area contributed by atoms with Crippen LogP contribution in [0, 0.1) is 0 Å². The molecule has 1 unspecified atom stereocenters. The van der Waals surface area contributed by atoms with Crippen LogP contribution in [0.25, 0.3) is 0 Å². The molecule has 0 radical (unpaired) electrons. The molecule has 0 heterocycles. The summed E-state index contributed by atoms with van der Waals surface area (Å²) < 4.78 is 10.5. The van der Waals surface area contributed by atoms with E-state index in [2.05, 4.69) is 12.2 Å². The Morgan fingerprint density at radius 2 is 1.77 bits per heavy atom. The van der Waals surface area contributed by atoms with Gasteiger partial charge in [-0.05, 0) is 36.2 Å². The van der Waals surface area contributed by atoms with Gasteiger partial charge in [-0.3, -0.25) is 0 Å². The highest BCUT2D eigenvalue weighted by atomic mass is 35.5. The second-order valence-electron chi connectivity index (χ2n) is 4.93. The van der Waals surface area contributed by atoms with E-state index in [1.807, 2.05) is 30.3 Å². The molecule has 1 atom stereocenters. The van der Waals surface area contributed by atoms with Gasteiger partial charge >= 0.3 is 0 Å². The van der Waals surface area contributed by atoms with E-state index in [4.69, 9.17) is 32.7 Å². The minimum atomic E-state index is 0.0827. The van der Waals surface area contributed by atoms with Crippen molar-refractivity contribution < 1.29 is 9.47 Å². The highest BCUT2D eigenvalue weighted by Crippen LogP contribution is 2.30. The zero-order valence-electron chi connectivity index (χ0n) is 12.8. The van der Waals surface area contributed by atoms with Gasteiger partial charge in [0.1, 0.15) is 0 Å². The average Bonchev–Trinajstić information content (AvgIpc) is 2.54. The third-order valence-corrected chi connectivity index (χ3v) is 4.34. The molecule has 2 rings (SSSR count). The summed E-state index contributed by atoms with van der Waals surface area (Å²) in [7, 11) is 3.25. The minimum Gasteiger partial charge on any atom is -0.493 e. The fourth-order valence-corrected chi connectivity index (χ4v) is 2.70. The minimum absolute atomic E-state index is 0.0827. The number of benzene rings is 2. The second-order valence-corrected chi connectivity index (χ2v) is 5.72. The normalized spacial score (nSPS) is 12.0. The summed E-state index contributed by atoms with van der Waals surface area (Å²) in [6.07, 6.45) is 0. The summed E-state index contributed by atoms with van der Waals surface area (Å²) in [5.74, 6) is 1.44. The molecule has 1 N–H and O–H groups in total. The van der Waals surface area contributed by atoms with Crippen LogP contribution in [-0.2, 0) is 6.54 Å². The van der Waals surface area contributed by atoms with Crippen molar-refractivity contribution in [3.8, 4) is 11.5 Å². The Bertz CT molecular complexity index is 647. The van der Waals surface area contributed by atoms with Crippen LogP contribution in [0.15, 0.2) is 36.4 Å². The fraction of sp³-hybridized carbons (Fsp3) is 0.294. The van der Waals surface area contributed by atoms with Crippen molar-refractivity contribution in [2.75, 3.05) is 14.2 Å². The molecule has 3 nitrogen and oxygen atoms in total. The highest BCUT2D eigenvalue weighted by molar-refractivity contribution is 6.42. The number of methoxy groups -OCH3 is 2. The lowest BCUT2D eigenvalue weighted by Crippen LogP contribution is -2.18. The maximum absolute atomic E-state index is 6.25. The monoisotopic (exact) mass is 339 g/mol. The van der Waals surface area contributed by atoms with Gasteiger partial charge in [0.05, 0.1) is 24.3 Å². The zero-order valence-corrected chi connectivity index (χ0v) is 14.3. The van der Waals surface area contributed by atoms with E-state index in [-0.39, 0.29) is 6.04 Å². The first-order valence-electron chi connectivity index (χ1n) is 6.95. The number of hydrogen-bond donors (Lipinski definition) is 1. The first-order valence-corrected chi connectivity index (χ1v) is 7.70. The molecule has 2 aromatic rings. The summed E-state index contributed by atoms with van der Waals surface area (Å²) in [5.41, 5.74) is 2.08. The summed E-state index contributed by atoms with van der Waals surface area (Å²) in [4.78, 5) is 0. The zero-order chi connectivity index (χ0) is 16.1. The van der Waals surface area contributed by atoms with E-state index in [0.29, 0.717) is 16.6 Å². The topological polar surface area (TPSA) is 30.5 Å². The van der Waals surface area contributed by atoms with E-state index >= 15 is 0 Å². The Balaban J connectivity index is 2.08. The number of halogens is 2. The van der Waals surface area contributed by atoms with Crippen molar-refractivity contribution in [2.24, 2.45) is 0 Å². The van der Waals surface area contributed by atoms with Crippen molar-refractivity contribution in [2.45, 2.75) is 19.5 Å². The SMILES string of the molecule is COc1ccc(CNC(C)c2cccc(Cl)c2Cl)cc1OC. The quantitative estimate of drug-likeness (QED) is 0.814. The molecule has 0 amide bonds. The number of hydrogen-bond acceptors (Lipinski definition) is 3. The molecule has 0 aromatic heterocycles. The molecule has 118 valence electrons. The molecule has 0 bridgehead atoms. The van der Waals surface area contributed by atoms with Crippen LogP contribution in [0.4, 0.5) is 0 Å². The lowest BCUT2D eigenvalue weighted by molar-refractivity contribution is 0.354. The molecule has 22 heavy (non-hydrogen) atoms. The molecule has 0 aliphatic heterocycles. The standard InChI is InChI=1S/C17H19Cl2NO2/c1-11(13-5-4-6-14(18)17(13)19)20-10-12-7-8-15(21-2)16(9-12)22-3/h4-9,11,20H,10H2,1-3H3. The van der Waals surface area contributed by atoms with Gasteiger partial charge in [-0.15, -0.1) is 0 Å². The molecule has 0 spiro atoms. The Morgan fingerprint density at radius 3 is 2.45 bits per heavy atom. The first-order chi connectivity index (χ1) is 10.6. The van der Waals surface area contributed by atoms with E-state index in [9.17, 15) is 0 Å². The van der Waals surface area contributed by atoms with Crippen molar-refractivity contribution in [3.63, 3.8) is 0 Å². The molecule has 0 fully saturated rings. The summed E-state index contributed by atoms with van der Waals surface area (Å²) in [6, 6.07) is 11.6. The van der Waals surface area contributed by atoms with E-state index in [1.165, 1.54) is 0 Å². The molecule has 2 aromatic carbocycles. The predicted octanol–water partition coefficient (Wildman–Crippen LogP) is 4.86. The Morgan fingerprint density at radius 1 is 1.05 bits per heavy atom. The first kappa shape index (κ1) is 16.9.